The summed E-state index contributed by atoms with van der Waals surface area (Å²) < 4.78 is 5.47. The van der Waals surface area contributed by atoms with Crippen molar-refractivity contribution in [3.63, 3.8) is 0 Å². The molecule has 0 saturated heterocycles. The highest BCUT2D eigenvalue weighted by Gasteiger charge is 2.16. The lowest BCUT2D eigenvalue weighted by Gasteiger charge is -2.14. The van der Waals surface area contributed by atoms with E-state index in [1.165, 1.54) is 0 Å². The van der Waals surface area contributed by atoms with Crippen molar-refractivity contribution in [2.24, 2.45) is 0 Å². The standard InChI is InChI=1S/C13H15BrClNO3/c1-3-19-11(17)7-8(2)16-13(18)9-5-4-6-10(14)12(9)15/h4-6,8H,3,7H2,1-2H3,(H,16,18). The minimum absolute atomic E-state index is 0.130. The highest BCUT2D eigenvalue weighted by molar-refractivity contribution is 9.10. The molecule has 6 heteroatoms. The number of hydrogen-bond acceptors (Lipinski definition) is 3. The first-order valence-corrected chi connectivity index (χ1v) is 7.03. The maximum Gasteiger partial charge on any atom is 0.307 e. The van der Waals surface area contributed by atoms with Gasteiger partial charge in [0.2, 0.25) is 0 Å². The molecule has 0 spiro atoms. The van der Waals surface area contributed by atoms with E-state index in [0.29, 0.717) is 21.7 Å². The van der Waals surface area contributed by atoms with E-state index < -0.39 is 0 Å². The second-order valence-corrected chi connectivity index (χ2v) is 5.22. The molecule has 104 valence electrons. The molecule has 0 aromatic heterocycles. The van der Waals surface area contributed by atoms with Crippen molar-refractivity contribution in [3.05, 3.63) is 33.3 Å². The largest absolute Gasteiger partial charge is 0.466 e. The monoisotopic (exact) mass is 347 g/mol. The van der Waals surface area contributed by atoms with Crippen molar-refractivity contribution in [2.75, 3.05) is 6.61 Å². The van der Waals surface area contributed by atoms with Crippen molar-refractivity contribution >= 4 is 39.4 Å². The third kappa shape index (κ3) is 4.84. The van der Waals surface area contributed by atoms with E-state index in [2.05, 4.69) is 21.2 Å². The van der Waals surface area contributed by atoms with Gasteiger partial charge in [0.15, 0.2) is 0 Å². The van der Waals surface area contributed by atoms with E-state index >= 15 is 0 Å². The van der Waals surface area contributed by atoms with Crippen LogP contribution in [0, 0.1) is 0 Å². The minimum atomic E-state index is -0.337. The molecular formula is C13H15BrClNO3. The Kier molecular flexibility index (Phi) is 6.31. The molecule has 0 aliphatic carbocycles. The molecular weight excluding hydrogens is 334 g/mol. The van der Waals surface area contributed by atoms with E-state index in [9.17, 15) is 9.59 Å². The van der Waals surface area contributed by atoms with Crippen LogP contribution in [0.3, 0.4) is 0 Å². The fourth-order valence-electron chi connectivity index (χ4n) is 1.50. The topological polar surface area (TPSA) is 55.4 Å². The maximum absolute atomic E-state index is 12.0. The Bertz CT molecular complexity index is 479. The lowest BCUT2D eigenvalue weighted by Crippen LogP contribution is -2.34. The minimum Gasteiger partial charge on any atom is -0.466 e. The number of ether oxygens (including phenoxy) is 1. The van der Waals surface area contributed by atoms with Gasteiger partial charge >= 0.3 is 5.97 Å². The Balaban J connectivity index is 2.64. The fourth-order valence-corrected chi connectivity index (χ4v) is 2.08. The van der Waals surface area contributed by atoms with E-state index in [4.69, 9.17) is 16.3 Å². The van der Waals surface area contributed by atoms with Crippen LogP contribution in [0.1, 0.15) is 30.6 Å². The van der Waals surface area contributed by atoms with Crippen LogP contribution < -0.4 is 5.32 Å². The van der Waals surface area contributed by atoms with Gasteiger partial charge in [-0.15, -0.1) is 0 Å². The van der Waals surface area contributed by atoms with Crippen molar-refractivity contribution in [1.29, 1.82) is 0 Å². The maximum atomic E-state index is 12.0. The highest BCUT2D eigenvalue weighted by Crippen LogP contribution is 2.25. The van der Waals surface area contributed by atoms with E-state index in [0.717, 1.165) is 0 Å². The highest BCUT2D eigenvalue weighted by atomic mass is 79.9. The third-order valence-corrected chi connectivity index (χ3v) is 3.65. The van der Waals surface area contributed by atoms with Gasteiger partial charge in [-0.1, -0.05) is 17.7 Å². The zero-order valence-electron chi connectivity index (χ0n) is 10.7. The summed E-state index contributed by atoms with van der Waals surface area (Å²) in [7, 11) is 0. The molecule has 1 aromatic carbocycles. The molecule has 0 aliphatic heterocycles. The lowest BCUT2D eigenvalue weighted by molar-refractivity contribution is -0.143. The smallest absolute Gasteiger partial charge is 0.307 e. The predicted octanol–water partition coefficient (Wildman–Crippen LogP) is 3.17. The number of benzene rings is 1. The molecule has 0 radical (unpaired) electrons. The van der Waals surface area contributed by atoms with Crippen molar-refractivity contribution in [1.82, 2.24) is 5.32 Å². The molecule has 0 heterocycles. The molecule has 1 atom stereocenters. The summed E-state index contributed by atoms with van der Waals surface area (Å²) in [5, 5.41) is 3.06. The normalized spacial score (nSPS) is 11.8. The molecule has 1 unspecified atom stereocenters. The summed E-state index contributed by atoms with van der Waals surface area (Å²) >= 11 is 9.28. The summed E-state index contributed by atoms with van der Waals surface area (Å²) in [6, 6.07) is 4.78. The SMILES string of the molecule is CCOC(=O)CC(C)NC(=O)c1cccc(Br)c1Cl. The van der Waals surface area contributed by atoms with Crippen LogP contribution in [0.5, 0.6) is 0 Å². The zero-order chi connectivity index (χ0) is 14.4. The molecule has 0 fully saturated rings. The number of carbonyl (C=O) groups is 2. The van der Waals surface area contributed by atoms with Gasteiger partial charge in [-0.05, 0) is 41.9 Å². The van der Waals surface area contributed by atoms with Crippen LogP contribution in [-0.2, 0) is 9.53 Å². The van der Waals surface area contributed by atoms with Crippen LogP contribution in [0.15, 0.2) is 22.7 Å². The molecule has 19 heavy (non-hydrogen) atoms. The molecule has 0 bridgehead atoms. The number of amides is 1. The van der Waals surface area contributed by atoms with Gasteiger partial charge in [0.05, 0.1) is 23.6 Å². The molecule has 1 rings (SSSR count). The van der Waals surface area contributed by atoms with Crippen molar-refractivity contribution in [3.8, 4) is 0 Å². The van der Waals surface area contributed by atoms with E-state index in [-0.39, 0.29) is 24.3 Å². The van der Waals surface area contributed by atoms with Gasteiger partial charge in [0, 0.05) is 10.5 Å². The quantitative estimate of drug-likeness (QED) is 0.832. The lowest BCUT2D eigenvalue weighted by atomic mass is 10.2. The summed E-state index contributed by atoms with van der Waals surface area (Å²) in [6.07, 6.45) is 0.130. The van der Waals surface area contributed by atoms with Gasteiger partial charge in [-0.3, -0.25) is 9.59 Å². The van der Waals surface area contributed by atoms with E-state index in [1.54, 1.807) is 32.0 Å². The van der Waals surface area contributed by atoms with Gasteiger partial charge in [-0.2, -0.15) is 0 Å². The van der Waals surface area contributed by atoms with Crippen molar-refractivity contribution in [2.45, 2.75) is 26.3 Å². The Morgan fingerprint density at radius 3 is 2.79 bits per heavy atom. The number of nitrogens with one attached hydrogen (secondary N) is 1. The third-order valence-electron chi connectivity index (χ3n) is 2.35. The molecule has 4 nitrogen and oxygen atoms in total. The van der Waals surface area contributed by atoms with Gasteiger partial charge in [0.25, 0.3) is 5.91 Å². The predicted molar refractivity (Wildman–Crippen MR) is 77.3 cm³/mol. The first-order chi connectivity index (χ1) is 8.95. The van der Waals surface area contributed by atoms with Crippen LogP contribution in [0.2, 0.25) is 5.02 Å². The Morgan fingerprint density at radius 2 is 2.16 bits per heavy atom. The summed E-state index contributed by atoms with van der Waals surface area (Å²) in [5.41, 5.74) is 0.367. The zero-order valence-corrected chi connectivity index (χ0v) is 13.0. The first kappa shape index (κ1) is 16.0. The molecule has 1 amide bonds. The van der Waals surface area contributed by atoms with Crippen LogP contribution in [-0.4, -0.2) is 24.5 Å². The van der Waals surface area contributed by atoms with E-state index in [1.807, 2.05) is 0 Å². The van der Waals surface area contributed by atoms with Gasteiger partial charge < -0.3 is 10.1 Å². The average Bonchev–Trinajstić information content (AvgIpc) is 2.32. The number of halogens is 2. The number of hydrogen-bond donors (Lipinski definition) is 1. The molecule has 1 aromatic rings. The summed E-state index contributed by atoms with van der Waals surface area (Å²) in [6.45, 7) is 3.81. The second kappa shape index (κ2) is 7.50. The van der Waals surface area contributed by atoms with Crippen LogP contribution in [0.25, 0.3) is 0 Å². The Morgan fingerprint density at radius 1 is 1.47 bits per heavy atom. The number of esters is 1. The second-order valence-electron chi connectivity index (χ2n) is 3.99. The van der Waals surface area contributed by atoms with Gasteiger partial charge in [0.1, 0.15) is 0 Å². The molecule has 0 saturated carbocycles. The van der Waals surface area contributed by atoms with Gasteiger partial charge in [-0.25, -0.2) is 0 Å². The van der Waals surface area contributed by atoms with Crippen LogP contribution >= 0.6 is 27.5 Å². The summed E-state index contributed by atoms with van der Waals surface area (Å²) in [5.74, 6) is -0.654. The molecule has 1 N–H and O–H groups in total. The number of rotatable bonds is 5. The fraction of sp³-hybridized carbons (Fsp3) is 0.385. The number of carbonyl (C=O) groups excluding carboxylic acids is 2. The average molecular weight is 349 g/mol. The van der Waals surface area contributed by atoms with Crippen molar-refractivity contribution < 1.29 is 14.3 Å². The summed E-state index contributed by atoms with van der Waals surface area (Å²) in [4.78, 5) is 23.3. The van der Waals surface area contributed by atoms with Crippen LogP contribution in [0.4, 0.5) is 0 Å². The molecule has 0 aliphatic rings. The Labute approximate surface area is 125 Å². The Hall–Kier alpha value is -1.07. The first-order valence-electron chi connectivity index (χ1n) is 5.86.